The molecular formula is C14H12BrN3O3. The second kappa shape index (κ2) is 6.36. The molecule has 0 saturated carbocycles. The standard InChI is InChI=1S/C14H12BrN3O3/c1-8-5-6-9(7-16-8)17-14(21)18-12-10(13(19)20)3-2-4-11(12)15/h2-7H,1H3,(H,19,20)(H2,17,18,21). The number of halogens is 1. The summed E-state index contributed by atoms with van der Waals surface area (Å²) in [4.78, 5) is 27.1. The molecule has 6 nitrogen and oxygen atoms in total. The van der Waals surface area contributed by atoms with Crippen molar-refractivity contribution in [3.8, 4) is 0 Å². The Kier molecular flexibility index (Phi) is 4.54. The van der Waals surface area contributed by atoms with Crippen molar-refractivity contribution in [3.63, 3.8) is 0 Å². The van der Waals surface area contributed by atoms with Crippen LogP contribution in [0.4, 0.5) is 16.2 Å². The molecule has 2 amide bonds. The van der Waals surface area contributed by atoms with E-state index < -0.39 is 12.0 Å². The Morgan fingerprint density at radius 2 is 1.95 bits per heavy atom. The first kappa shape index (κ1) is 15.0. The monoisotopic (exact) mass is 349 g/mol. The molecular weight excluding hydrogens is 338 g/mol. The van der Waals surface area contributed by atoms with Crippen LogP contribution in [-0.4, -0.2) is 22.1 Å². The van der Waals surface area contributed by atoms with Crippen molar-refractivity contribution < 1.29 is 14.7 Å². The van der Waals surface area contributed by atoms with E-state index in [2.05, 4.69) is 31.5 Å². The van der Waals surface area contributed by atoms with Crippen LogP contribution in [0.3, 0.4) is 0 Å². The number of hydrogen-bond acceptors (Lipinski definition) is 3. The molecule has 21 heavy (non-hydrogen) atoms. The van der Waals surface area contributed by atoms with Gasteiger partial charge in [0.25, 0.3) is 0 Å². The molecule has 0 unspecified atom stereocenters. The van der Waals surface area contributed by atoms with Crippen molar-refractivity contribution >= 4 is 39.3 Å². The summed E-state index contributed by atoms with van der Waals surface area (Å²) in [6.45, 7) is 1.84. The number of carbonyl (C=O) groups is 2. The fraction of sp³-hybridized carbons (Fsp3) is 0.0714. The van der Waals surface area contributed by atoms with Gasteiger partial charge in [0.15, 0.2) is 0 Å². The number of hydrogen-bond donors (Lipinski definition) is 3. The number of nitrogens with zero attached hydrogens (tertiary/aromatic N) is 1. The van der Waals surface area contributed by atoms with E-state index in [0.717, 1.165) is 5.69 Å². The van der Waals surface area contributed by atoms with Crippen LogP contribution in [0, 0.1) is 6.92 Å². The first-order chi connectivity index (χ1) is 9.97. The van der Waals surface area contributed by atoms with Gasteiger partial charge < -0.3 is 15.7 Å². The van der Waals surface area contributed by atoms with E-state index in [0.29, 0.717) is 10.2 Å². The summed E-state index contributed by atoms with van der Waals surface area (Å²) in [6.07, 6.45) is 1.52. The Morgan fingerprint density at radius 3 is 2.57 bits per heavy atom. The number of carboxylic acids is 1. The lowest BCUT2D eigenvalue weighted by molar-refractivity contribution is 0.0698. The summed E-state index contributed by atoms with van der Waals surface area (Å²) in [7, 11) is 0. The fourth-order valence-electron chi connectivity index (χ4n) is 1.65. The molecule has 0 aliphatic heterocycles. The highest BCUT2D eigenvalue weighted by Gasteiger charge is 2.15. The average molecular weight is 350 g/mol. The van der Waals surface area contributed by atoms with Gasteiger partial charge in [-0.25, -0.2) is 9.59 Å². The molecule has 2 aromatic rings. The van der Waals surface area contributed by atoms with Crippen molar-refractivity contribution in [3.05, 3.63) is 52.3 Å². The summed E-state index contributed by atoms with van der Waals surface area (Å²) < 4.78 is 0.486. The normalized spacial score (nSPS) is 10.0. The van der Waals surface area contributed by atoms with E-state index in [1.54, 1.807) is 24.3 Å². The summed E-state index contributed by atoms with van der Waals surface area (Å²) in [5.41, 5.74) is 1.55. The molecule has 0 radical (unpaired) electrons. The Labute approximate surface area is 129 Å². The highest BCUT2D eigenvalue weighted by Crippen LogP contribution is 2.26. The van der Waals surface area contributed by atoms with E-state index in [1.807, 2.05) is 6.92 Å². The number of nitrogens with one attached hydrogen (secondary N) is 2. The zero-order valence-electron chi connectivity index (χ0n) is 11.1. The molecule has 1 aromatic heterocycles. The number of aromatic carboxylic acids is 1. The zero-order valence-corrected chi connectivity index (χ0v) is 12.6. The van der Waals surface area contributed by atoms with E-state index in [-0.39, 0.29) is 11.3 Å². The average Bonchev–Trinajstić information content (AvgIpc) is 2.43. The SMILES string of the molecule is Cc1ccc(NC(=O)Nc2c(Br)cccc2C(=O)O)cn1. The summed E-state index contributed by atoms with van der Waals surface area (Å²) in [6, 6.07) is 7.57. The Hall–Kier alpha value is -2.41. The quantitative estimate of drug-likeness (QED) is 0.790. The number of carboxylic acid groups (broad SMARTS) is 1. The van der Waals surface area contributed by atoms with Gasteiger partial charge in [-0.1, -0.05) is 6.07 Å². The fourth-order valence-corrected chi connectivity index (χ4v) is 2.11. The maximum atomic E-state index is 11.9. The van der Waals surface area contributed by atoms with Crippen LogP contribution < -0.4 is 10.6 Å². The Balaban J connectivity index is 2.16. The number of carbonyl (C=O) groups excluding carboxylic acids is 1. The first-order valence-corrected chi connectivity index (χ1v) is 6.79. The number of aryl methyl sites for hydroxylation is 1. The molecule has 0 aliphatic rings. The topological polar surface area (TPSA) is 91.3 Å². The van der Waals surface area contributed by atoms with Crippen LogP contribution in [0.2, 0.25) is 0 Å². The highest BCUT2D eigenvalue weighted by atomic mass is 79.9. The number of pyridine rings is 1. The molecule has 2 rings (SSSR count). The van der Waals surface area contributed by atoms with Crippen molar-refractivity contribution in [2.45, 2.75) is 6.92 Å². The third-order valence-corrected chi connectivity index (χ3v) is 3.31. The van der Waals surface area contributed by atoms with E-state index >= 15 is 0 Å². The number of aromatic nitrogens is 1. The van der Waals surface area contributed by atoms with Gasteiger partial charge in [0, 0.05) is 10.2 Å². The van der Waals surface area contributed by atoms with Gasteiger partial charge in [-0.2, -0.15) is 0 Å². The lowest BCUT2D eigenvalue weighted by Crippen LogP contribution is -2.21. The summed E-state index contributed by atoms with van der Waals surface area (Å²) >= 11 is 3.22. The molecule has 3 N–H and O–H groups in total. The minimum Gasteiger partial charge on any atom is -0.478 e. The van der Waals surface area contributed by atoms with Gasteiger partial charge in [-0.3, -0.25) is 4.98 Å². The van der Waals surface area contributed by atoms with Gasteiger partial charge in [0.2, 0.25) is 0 Å². The second-order valence-electron chi connectivity index (χ2n) is 4.23. The molecule has 0 spiro atoms. The maximum absolute atomic E-state index is 11.9. The Morgan fingerprint density at radius 1 is 1.19 bits per heavy atom. The second-order valence-corrected chi connectivity index (χ2v) is 5.09. The minimum absolute atomic E-state index is 0.00144. The third-order valence-electron chi connectivity index (χ3n) is 2.65. The minimum atomic E-state index is -1.12. The molecule has 108 valence electrons. The van der Waals surface area contributed by atoms with Crippen LogP contribution in [0.5, 0.6) is 0 Å². The largest absolute Gasteiger partial charge is 0.478 e. The number of benzene rings is 1. The molecule has 0 aliphatic carbocycles. The first-order valence-electron chi connectivity index (χ1n) is 6.00. The zero-order chi connectivity index (χ0) is 15.4. The van der Waals surface area contributed by atoms with Crippen LogP contribution >= 0.6 is 15.9 Å². The van der Waals surface area contributed by atoms with Crippen molar-refractivity contribution in [1.29, 1.82) is 0 Å². The smallest absolute Gasteiger partial charge is 0.337 e. The van der Waals surface area contributed by atoms with Crippen molar-refractivity contribution in [1.82, 2.24) is 4.98 Å². The molecule has 0 fully saturated rings. The van der Waals surface area contributed by atoms with Crippen LogP contribution in [0.1, 0.15) is 16.1 Å². The van der Waals surface area contributed by atoms with E-state index in [4.69, 9.17) is 5.11 Å². The van der Waals surface area contributed by atoms with Gasteiger partial charge in [0.1, 0.15) is 0 Å². The molecule has 0 saturated heterocycles. The van der Waals surface area contributed by atoms with Crippen molar-refractivity contribution in [2.24, 2.45) is 0 Å². The summed E-state index contributed by atoms with van der Waals surface area (Å²) in [5, 5.41) is 14.2. The van der Waals surface area contributed by atoms with E-state index in [1.165, 1.54) is 12.3 Å². The molecule has 1 aromatic carbocycles. The van der Waals surface area contributed by atoms with Gasteiger partial charge in [-0.15, -0.1) is 0 Å². The number of urea groups is 1. The number of amides is 2. The van der Waals surface area contributed by atoms with Gasteiger partial charge in [0.05, 0.1) is 23.1 Å². The maximum Gasteiger partial charge on any atom is 0.337 e. The molecule has 0 bridgehead atoms. The lowest BCUT2D eigenvalue weighted by Gasteiger charge is -2.11. The third kappa shape index (κ3) is 3.79. The lowest BCUT2D eigenvalue weighted by atomic mass is 10.2. The van der Waals surface area contributed by atoms with Gasteiger partial charge in [-0.05, 0) is 47.1 Å². The predicted octanol–water partition coefficient (Wildman–Crippen LogP) is 3.49. The van der Waals surface area contributed by atoms with Crippen LogP contribution in [0.15, 0.2) is 41.0 Å². The molecule has 0 atom stereocenters. The highest BCUT2D eigenvalue weighted by molar-refractivity contribution is 9.10. The number of rotatable bonds is 3. The van der Waals surface area contributed by atoms with E-state index in [9.17, 15) is 9.59 Å². The predicted molar refractivity (Wildman–Crippen MR) is 82.7 cm³/mol. The van der Waals surface area contributed by atoms with Crippen LogP contribution in [0.25, 0.3) is 0 Å². The number of para-hydroxylation sites is 1. The summed E-state index contributed by atoms with van der Waals surface area (Å²) in [5.74, 6) is -1.12. The van der Waals surface area contributed by atoms with Crippen LogP contribution in [-0.2, 0) is 0 Å². The number of anilines is 2. The van der Waals surface area contributed by atoms with Gasteiger partial charge >= 0.3 is 12.0 Å². The molecule has 1 heterocycles. The van der Waals surface area contributed by atoms with Crippen molar-refractivity contribution in [2.75, 3.05) is 10.6 Å². The Bertz CT molecular complexity index is 686. The molecule has 7 heteroatoms.